The van der Waals surface area contributed by atoms with Crippen molar-refractivity contribution < 1.29 is 0 Å². The highest BCUT2D eigenvalue weighted by molar-refractivity contribution is 4.92. The molecule has 0 saturated heterocycles. The molecule has 0 N–H and O–H groups in total. The molecule has 1 unspecified atom stereocenters. The topological polar surface area (TPSA) is 47.6 Å². The van der Waals surface area contributed by atoms with Crippen LogP contribution in [0.25, 0.3) is 0 Å². The maximum atomic E-state index is 8.30. The third-order valence-electron chi connectivity index (χ3n) is 1.30. The van der Waals surface area contributed by atoms with E-state index in [0.717, 1.165) is 6.42 Å². The van der Waals surface area contributed by atoms with Crippen molar-refractivity contribution in [2.75, 3.05) is 0 Å². The molecular weight excluding hydrogens is 136 g/mol. The number of unbranched alkanes of at least 4 members (excludes halogenated alkanes) is 1. The van der Waals surface area contributed by atoms with Crippen molar-refractivity contribution in [3.63, 3.8) is 0 Å². The Morgan fingerprint density at radius 3 is 2.64 bits per heavy atom. The van der Waals surface area contributed by atoms with Crippen LogP contribution < -0.4 is 0 Å². The van der Waals surface area contributed by atoms with Crippen LogP contribution >= 0.6 is 0 Å². The largest absolute Gasteiger partial charge is 0.198 e. The summed E-state index contributed by atoms with van der Waals surface area (Å²) in [5.41, 5.74) is 0. The number of nitrogens with zero attached hydrogens (tertiary/aromatic N) is 2. The van der Waals surface area contributed by atoms with Crippen molar-refractivity contribution in [1.82, 2.24) is 0 Å². The first-order valence-corrected chi connectivity index (χ1v) is 3.71. The van der Waals surface area contributed by atoms with Crippen LogP contribution in [0.3, 0.4) is 0 Å². The highest BCUT2D eigenvalue weighted by Gasteiger charge is 1.92. The van der Waals surface area contributed by atoms with Crippen LogP contribution in [0.2, 0.25) is 0 Å². The van der Waals surface area contributed by atoms with Gasteiger partial charge < -0.3 is 0 Å². The summed E-state index contributed by atoms with van der Waals surface area (Å²) in [4.78, 5) is 0. The van der Waals surface area contributed by atoms with E-state index >= 15 is 0 Å². The summed E-state index contributed by atoms with van der Waals surface area (Å²) in [7, 11) is 0. The third kappa shape index (κ3) is 6.61. The van der Waals surface area contributed by atoms with Crippen molar-refractivity contribution in [3.8, 4) is 12.1 Å². The average molecular weight is 148 g/mol. The first-order chi connectivity index (χ1) is 5.31. The lowest BCUT2D eigenvalue weighted by molar-refractivity contribution is 0.748. The summed E-state index contributed by atoms with van der Waals surface area (Å²) >= 11 is 0. The van der Waals surface area contributed by atoms with E-state index < -0.39 is 0 Å². The van der Waals surface area contributed by atoms with E-state index in [4.69, 9.17) is 10.5 Å². The highest BCUT2D eigenvalue weighted by Crippen LogP contribution is 2.03. The smallest absolute Gasteiger partial charge is 0.0627 e. The van der Waals surface area contributed by atoms with Gasteiger partial charge in [-0.05, 0) is 12.3 Å². The Morgan fingerprint density at radius 2 is 2.09 bits per heavy atom. The van der Waals surface area contributed by atoms with Crippen molar-refractivity contribution in [2.45, 2.75) is 26.2 Å². The number of hydrogen-bond donors (Lipinski definition) is 0. The molecule has 0 aromatic carbocycles. The minimum atomic E-state index is 0.318. The van der Waals surface area contributed by atoms with Gasteiger partial charge in [0.2, 0.25) is 0 Å². The van der Waals surface area contributed by atoms with Crippen LogP contribution in [0.5, 0.6) is 0 Å². The fraction of sp³-hybridized carbons (Fsp3) is 0.556. The Morgan fingerprint density at radius 1 is 1.36 bits per heavy atom. The molecule has 0 spiro atoms. The van der Waals surface area contributed by atoms with E-state index in [1.807, 2.05) is 19.1 Å². The quantitative estimate of drug-likeness (QED) is 0.454. The predicted molar refractivity (Wildman–Crippen MR) is 43.4 cm³/mol. The molecule has 0 rings (SSSR count). The predicted octanol–water partition coefficient (Wildman–Crippen LogP) is 2.40. The first-order valence-electron chi connectivity index (χ1n) is 3.71. The van der Waals surface area contributed by atoms with Gasteiger partial charge >= 0.3 is 0 Å². The van der Waals surface area contributed by atoms with Crippen molar-refractivity contribution in [3.05, 3.63) is 12.2 Å². The molecular formula is C9H12N2. The van der Waals surface area contributed by atoms with E-state index in [-0.39, 0.29) is 0 Å². The molecule has 11 heavy (non-hydrogen) atoms. The molecule has 0 radical (unpaired) electrons. The van der Waals surface area contributed by atoms with Crippen molar-refractivity contribution in [2.24, 2.45) is 5.92 Å². The Balaban J connectivity index is 3.43. The van der Waals surface area contributed by atoms with Crippen LogP contribution in [-0.2, 0) is 0 Å². The second-order valence-corrected chi connectivity index (χ2v) is 2.46. The maximum Gasteiger partial charge on any atom is 0.0627 e. The zero-order chi connectivity index (χ0) is 8.53. The summed E-state index contributed by atoms with van der Waals surface area (Å²) in [6.45, 7) is 1.99. The normalized spacial score (nSPS) is 12.3. The SMILES string of the molecule is CC(/C=C/CCC#N)CC#N. The fourth-order valence-corrected chi connectivity index (χ4v) is 0.688. The lowest BCUT2D eigenvalue weighted by Crippen LogP contribution is -1.85. The molecule has 0 amide bonds. The molecule has 0 aromatic rings. The minimum Gasteiger partial charge on any atom is -0.198 e. The van der Waals surface area contributed by atoms with Gasteiger partial charge in [-0.3, -0.25) is 0 Å². The van der Waals surface area contributed by atoms with Crippen LogP contribution in [0.4, 0.5) is 0 Å². The number of hydrogen-bond acceptors (Lipinski definition) is 2. The summed E-state index contributed by atoms with van der Waals surface area (Å²) in [5, 5.41) is 16.5. The third-order valence-corrected chi connectivity index (χ3v) is 1.30. The average Bonchev–Trinajstić information content (AvgIpc) is 1.99. The van der Waals surface area contributed by atoms with Gasteiger partial charge in [0.15, 0.2) is 0 Å². The van der Waals surface area contributed by atoms with Gasteiger partial charge in [0.25, 0.3) is 0 Å². The second kappa shape index (κ2) is 6.83. The van der Waals surface area contributed by atoms with Crippen molar-refractivity contribution in [1.29, 1.82) is 10.5 Å². The van der Waals surface area contributed by atoms with E-state index in [0.29, 0.717) is 18.8 Å². The summed E-state index contributed by atoms with van der Waals surface area (Å²) in [5.74, 6) is 0.318. The van der Waals surface area contributed by atoms with Gasteiger partial charge in [0, 0.05) is 12.8 Å². The molecule has 0 bridgehead atoms. The lowest BCUT2D eigenvalue weighted by Gasteiger charge is -1.95. The first kappa shape index (κ1) is 9.72. The van der Waals surface area contributed by atoms with Crippen LogP contribution in [-0.4, -0.2) is 0 Å². The van der Waals surface area contributed by atoms with Crippen LogP contribution in [0.1, 0.15) is 26.2 Å². The standard InChI is InChI=1S/C9H12N2/c1-9(6-8-11)5-3-2-4-7-10/h3,5,9H,2,4,6H2,1H3/b5-3+. The second-order valence-electron chi connectivity index (χ2n) is 2.46. The molecule has 58 valence electrons. The van der Waals surface area contributed by atoms with Gasteiger partial charge in [0.05, 0.1) is 12.1 Å². The molecule has 0 aliphatic rings. The Hall–Kier alpha value is -1.28. The molecule has 0 fully saturated rings. The Labute approximate surface area is 67.8 Å². The lowest BCUT2D eigenvalue weighted by atomic mass is 10.1. The molecule has 0 saturated carbocycles. The summed E-state index contributed by atoms with van der Waals surface area (Å²) in [6, 6.07) is 4.15. The van der Waals surface area contributed by atoms with E-state index in [1.54, 1.807) is 0 Å². The number of nitriles is 2. The van der Waals surface area contributed by atoms with E-state index in [2.05, 4.69) is 12.1 Å². The van der Waals surface area contributed by atoms with E-state index in [9.17, 15) is 0 Å². The monoisotopic (exact) mass is 148 g/mol. The maximum absolute atomic E-state index is 8.30. The molecule has 2 heteroatoms. The molecule has 0 aliphatic carbocycles. The Kier molecular flexibility index (Phi) is 6.04. The molecule has 1 atom stereocenters. The Bertz CT molecular complexity index is 193. The zero-order valence-corrected chi connectivity index (χ0v) is 6.75. The molecule has 0 aromatic heterocycles. The van der Waals surface area contributed by atoms with Gasteiger partial charge in [-0.1, -0.05) is 19.1 Å². The van der Waals surface area contributed by atoms with Gasteiger partial charge in [-0.2, -0.15) is 10.5 Å². The molecule has 0 aliphatic heterocycles. The number of rotatable bonds is 4. The summed E-state index contributed by atoms with van der Waals surface area (Å²) < 4.78 is 0. The van der Waals surface area contributed by atoms with Crippen LogP contribution in [0.15, 0.2) is 12.2 Å². The van der Waals surface area contributed by atoms with Gasteiger partial charge in [0.1, 0.15) is 0 Å². The molecule has 2 nitrogen and oxygen atoms in total. The fourth-order valence-electron chi connectivity index (χ4n) is 0.688. The summed E-state index contributed by atoms with van der Waals surface area (Å²) in [6.07, 6.45) is 5.87. The highest BCUT2D eigenvalue weighted by atomic mass is 14.2. The minimum absolute atomic E-state index is 0.318. The zero-order valence-electron chi connectivity index (χ0n) is 6.75. The van der Waals surface area contributed by atoms with Gasteiger partial charge in [-0.25, -0.2) is 0 Å². The number of allylic oxidation sites excluding steroid dienone is 2. The van der Waals surface area contributed by atoms with Gasteiger partial charge in [-0.15, -0.1) is 0 Å². The van der Waals surface area contributed by atoms with Crippen LogP contribution in [0, 0.1) is 28.6 Å². The molecule has 0 heterocycles. The van der Waals surface area contributed by atoms with E-state index in [1.165, 1.54) is 0 Å². The van der Waals surface area contributed by atoms with Crippen molar-refractivity contribution >= 4 is 0 Å².